The summed E-state index contributed by atoms with van der Waals surface area (Å²) in [7, 11) is 1.59. The number of nitrogens with one attached hydrogen (secondary N) is 1. The van der Waals surface area contributed by atoms with Crippen LogP contribution in [0.3, 0.4) is 0 Å². The molecule has 0 aliphatic carbocycles. The average Bonchev–Trinajstić information content (AvgIpc) is 2.87. The minimum atomic E-state index is -0.599. The van der Waals surface area contributed by atoms with E-state index in [2.05, 4.69) is 5.32 Å². The molecule has 1 atom stereocenters. The molecule has 8 heteroatoms. The maximum Gasteiger partial charge on any atom is 0.256 e. The highest BCUT2D eigenvalue weighted by Crippen LogP contribution is 2.26. The Bertz CT molecular complexity index is 1150. The number of anilines is 1. The van der Waals surface area contributed by atoms with Gasteiger partial charge in [-0.3, -0.25) is 14.5 Å². The maximum atomic E-state index is 14.2. The highest BCUT2D eigenvalue weighted by atomic mass is 35.5. The first kappa shape index (κ1) is 23.7. The van der Waals surface area contributed by atoms with E-state index in [0.717, 1.165) is 5.56 Å². The van der Waals surface area contributed by atoms with E-state index in [1.807, 2.05) is 35.2 Å². The van der Waals surface area contributed by atoms with Crippen molar-refractivity contribution < 1.29 is 18.7 Å². The zero-order chi connectivity index (χ0) is 24.1. The molecular weight excluding hydrogens is 457 g/mol. The summed E-state index contributed by atoms with van der Waals surface area (Å²) in [6.45, 7) is 1.65. The van der Waals surface area contributed by atoms with Crippen LogP contribution < -0.4 is 10.1 Å². The van der Waals surface area contributed by atoms with Crippen molar-refractivity contribution in [3.63, 3.8) is 0 Å². The second kappa shape index (κ2) is 10.7. The molecule has 3 aromatic carbocycles. The monoisotopic (exact) mass is 481 g/mol. The second-order valence-electron chi connectivity index (χ2n) is 7.98. The fourth-order valence-corrected chi connectivity index (χ4v) is 4.24. The molecule has 6 nitrogen and oxygen atoms in total. The van der Waals surface area contributed by atoms with Crippen LogP contribution in [-0.4, -0.2) is 54.9 Å². The minimum absolute atomic E-state index is 0.0437. The predicted molar refractivity (Wildman–Crippen MR) is 130 cm³/mol. The molecule has 0 aromatic heterocycles. The van der Waals surface area contributed by atoms with Gasteiger partial charge in [-0.05, 0) is 48.0 Å². The number of amides is 2. The van der Waals surface area contributed by atoms with Crippen molar-refractivity contribution in [1.82, 2.24) is 9.80 Å². The molecule has 1 heterocycles. The number of carbonyl (C=O) groups is 2. The summed E-state index contributed by atoms with van der Waals surface area (Å²) in [6, 6.07) is 20.1. The van der Waals surface area contributed by atoms with Gasteiger partial charge in [0.05, 0.1) is 12.7 Å². The normalized spacial score (nSPS) is 15.0. The summed E-state index contributed by atoms with van der Waals surface area (Å²) in [5.41, 5.74) is 1.48. The number of rotatable bonds is 6. The zero-order valence-electron chi connectivity index (χ0n) is 18.7. The van der Waals surface area contributed by atoms with Gasteiger partial charge in [-0.25, -0.2) is 4.39 Å². The lowest BCUT2D eigenvalue weighted by Gasteiger charge is -2.38. The lowest BCUT2D eigenvalue weighted by atomic mass is 10.0. The van der Waals surface area contributed by atoms with Crippen molar-refractivity contribution in [3.8, 4) is 5.75 Å². The number of benzene rings is 3. The SMILES string of the molecule is COc1ccc(NC(=O)C(c2ccccc2)N2CCN(C(=O)c3cc(Cl)ccc3F)CC2)cc1. The molecule has 1 fully saturated rings. The van der Waals surface area contributed by atoms with Crippen LogP contribution in [0.25, 0.3) is 0 Å². The van der Waals surface area contributed by atoms with Crippen LogP contribution in [0, 0.1) is 5.82 Å². The molecular formula is C26H25ClFN3O3. The third-order valence-electron chi connectivity index (χ3n) is 5.85. The summed E-state index contributed by atoms with van der Waals surface area (Å²) >= 11 is 5.95. The fourth-order valence-electron chi connectivity index (χ4n) is 4.06. The largest absolute Gasteiger partial charge is 0.497 e. The number of hydrogen-bond acceptors (Lipinski definition) is 4. The molecule has 0 bridgehead atoms. The van der Waals surface area contributed by atoms with E-state index >= 15 is 0 Å². The highest BCUT2D eigenvalue weighted by Gasteiger charge is 2.32. The quantitative estimate of drug-likeness (QED) is 0.558. The molecule has 0 radical (unpaired) electrons. The van der Waals surface area contributed by atoms with Gasteiger partial charge in [0, 0.05) is 36.9 Å². The van der Waals surface area contributed by atoms with Gasteiger partial charge in [0.2, 0.25) is 5.91 Å². The van der Waals surface area contributed by atoms with E-state index in [1.165, 1.54) is 18.2 Å². The highest BCUT2D eigenvalue weighted by molar-refractivity contribution is 6.31. The molecule has 1 aliphatic rings. The standard InChI is InChI=1S/C26H25ClFN3O3/c1-34-21-10-8-20(9-11-21)29-25(32)24(18-5-3-2-4-6-18)30-13-15-31(16-14-30)26(33)22-17-19(27)7-12-23(22)28/h2-12,17,24H,13-16H2,1H3,(H,29,32). The van der Waals surface area contributed by atoms with E-state index in [9.17, 15) is 14.0 Å². The zero-order valence-corrected chi connectivity index (χ0v) is 19.5. The van der Waals surface area contributed by atoms with Crippen molar-refractivity contribution >= 4 is 29.1 Å². The Morgan fingerprint density at radius 3 is 2.29 bits per heavy atom. The van der Waals surface area contributed by atoms with Crippen LogP contribution in [0.4, 0.5) is 10.1 Å². The lowest BCUT2D eigenvalue weighted by molar-refractivity contribution is -0.122. The number of piperazine rings is 1. The van der Waals surface area contributed by atoms with E-state index in [-0.39, 0.29) is 11.5 Å². The molecule has 0 spiro atoms. The number of nitrogens with zero attached hydrogens (tertiary/aromatic N) is 2. The first-order valence-corrected chi connectivity index (χ1v) is 11.3. The molecule has 4 rings (SSSR count). The van der Waals surface area contributed by atoms with Gasteiger partial charge in [0.15, 0.2) is 0 Å². The van der Waals surface area contributed by atoms with Crippen molar-refractivity contribution in [2.75, 3.05) is 38.6 Å². The smallest absolute Gasteiger partial charge is 0.256 e. The van der Waals surface area contributed by atoms with Crippen molar-refractivity contribution in [2.24, 2.45) is 0 Å². The van der Waals surface area contributed by atoms with Gasteiger partial charge in [0.25, 0.3) is 5.91 Å². The summed E-state index contributed by atoms with van der Waals surface area (Å²) in [5, 5.41) is 3.29. The van der Waals surface area contributed by atoms with Gasteiger partial charge in [-0.2, -0.15) is 0 Å². The lowest BCUT2D eigenvalue weighted by Crippen LogP contribution is -2.51. The summed E-state index contributed by atoms with van der Waals surface area (Å²) in [5.74, 6) is -0.469. The molecule has 1 N–H and O–H groups in total. The number of hydrogen-bond donors (Lipinski definition) is 1. The Balaban J connectivity index is 1.49. The number of carbonyl (C=O) groups excluding carboxylic acids is 2. The van der Waals surface area contributed by atoms with Crippen molar-refractivity contribution in [2.45, 2.75) is 6.04 Å². The molecule has 34 heavy (non-hydrogen) atoms. The third-order valence-corrected chi connectivity index (χ3v) is 6.08. The Kier molecular flexibility index (Phi) is 7.45. The molecule has 1 saturated heterocycles. The van der Waals surface area contributed by atoms with Crippen LogP contribution in [0.5, 0.6) is 5.75 Å². The molecule has 0 saturated carbocycles. The van der Waals surface area contributed by atoms with Crippen LogP contribution >= 0.6 is 11.6 Å². The second-order valence-corrected chi connectivity index (χ2v) is 8.42. The molecule has 1 unspecified atom stereocenters. The summed E-state index contributed by atoms with van der Waals surface area (Å²) in [6.07, 6.45) is 0. The third kappa shape index (κ3) is 5.38. The predicted octanol–water partition coefficient (Wildman–Crippen LogP) is 4.63. The van der Waals surface area contributed by atoms with Gasteiger partial charge in [-0.15, -0.1) is 0 Å². The Labute approximate surface area is 202 Å². The van der Waals surface area contributed by atoms with Gasteiger partial charge < -0.3 is 15.0 Å². The van der Waals surface area contributed by atoms with E-state index in [4.69, 9.17) is 16.3 Å². The van der Waals surface area contributed by atoms with Crippen molar-refractivity contribution in [3.05, 3.63) is 94.8 Å². The van der Waals surface area contributed by atoms with Gasteiger partial charge in [0.1, 0.15) is 17.6 Å². The van der Waals surface area contributed by atoms with Crippen LogP contribution in [0.15, 0.2) is 72.8 Å². The average molecular weight is 482 g/mol. The summed E-state index contributed by atoms with van der Waals surface area (Å²) in [4.78, 5) is 29.8. The van der Waals surface area contributed by atoms with Crippen molar-refractivity contribution in [1.29, 1.82) is 0 Å². The Morgan fingerprint density at radius 1 is 0.971 bits per heavy atom. The van der Waals surface area contributed by atoms with E-state index in [1.54, 1.807) is 36.3 Å². The van der Waals surface area contributed by atoms with E-state index < -0.39 is 17.8 Å². The Morgan fingerprint density at radius 2 is 1.65 bits per heavy atom. The molecule has 176 valence electrons. The number of halogens is 2. The Hall–Kier alpha value is -3.42. The molecule has 1 aliphatic heterocycles. The topological polar surface area (TPSA) is 61.9 Å². The summed E-state index contributed by atoms with van der Waals surface area (Å²) < 4.78 is 19.4. The molecule has 2 amide bonds. The number of ether oxygens (including phenoxy) is 1. The maximum absolute atomic E-state index is 14.2. The van der Waals surface area contributed by atoms with Crippen LogP contribution in [-0.2, 0) is 4.79 Å². The van der Waals surface area contributed by atoms with Crippen LogP contribution in [0.2, 0.25) is 5.02 Å². The minimum Gasteiger partial charge on any atom is -0.497 e. The van der Waals surface area contributed by atoms with E-state index in [0.29, 0.717) is 42.6 Å². The molecule has 3 aromatic rings. The number of methoxy groups -OCH3 is 1. The van der Waals surface area contributed by atoms with Gasteiger partial charge in [-0.1, -0.05) is 41.9 Å². The first-order valence-electron chi connectivity index (χ1n) is 10.9. The fraction of sp³-hybridized carbons (Fsp3) is 0.231. The van der Waals surface area contributed by atoms with Gasteiger partial charge >= 0.3 is 0 Å². The van der Waals surface area contributed by atoms with Crippen LogP contribution in [0.1, 0.15) is 22.0 Å². The first-order chi connectivity index (χ1) is 16.5.